The molecule has 2 nitrogen and oxygen atoms in total. The van der Waals surface area contributed by atoms with Crippen molar-refractivity contribution in [2.45, 2.75) is 55.9 Å². The molecule has 1 aliphatic carbocycles. The average Bonchev–Trinajstić information content (AvgIpc) is 2.80. The van der Waals surface area contributed by atoms with Gasteiger partial charge in [-0.1, -0.05) is 29.3 Å². The summed E-state index contributed by atoms with van der Waals surface area (Å²) in [6.45, 7) is 0. The van der Waals surface area contributed by atoms with Crippen LogP contribution in [0.5, 0.6) is 0 Å². The summed E-state index contributed by atoms with van der Waals surface area (Å²) in [4.78, 5) is 12.5. The predicted molar refractivity (Wildman–Crippen MR) is 128 cm³/mol. The third kappa shape index (κ3) is 7.38. The van der Waals surface area contributed by atoms with Gasteiger partial charge in [0.25, 0.3) is 5.91 Å². The van der Waals surface area contributed by atoms with Crippen LogP contribution < -0.4 is 5.32 Å². The Balaban J connectivity index is 1.96. The van der Waals surface area contributed by atoms with Gasteiger partial charge in [-0.25, -0.2) is 13.2 Å². The van der Waals surface area contributed by atoms with Crippen LogP contribution in [-0.4, -0.2) is 24.0 Å². The van der Waals surface area contributed by atoms with Crippen molar-refractivity contribution in [1.29, 1.82) is 0 Å². The highest BCUT2D eigenvalue weighted by Crippen LogP contribution is 2.43. The molecule has 0 aromatic heterocycles. The molecular formula is C24H17BrCl2F9NO. The Kier molecular flexibility index (Phi) is 9.10. The first-order valence-corrected chi connectivity index (χ1v) is 12.4. The van der Waals surface area contributed by atoms with Gasteiger partial charge in [-0.3, -0.25) is 4.79 Å². The summed E-state index contributed by atoms with van der Waals surface area (Å²) in [7, 11) is 0. The maximum Gasteiger partial charge on any atom is 0.417 e. The van der Waals surface area contributed by atoms with Crippen molar-refractivity contribution in [3.63, 3.8) is 0 Å². The van der Waals surface area contributed by atoms with Crippen molar-refractivity contribution in [3.05, 3.63) is 73.2 Å². The number of alkyl halides is 8. The lowest BCUT2D eigenvalue weighted by Gasteiger charge is -2.29. The minimum atomic E-state index is -5.18. The molecule has 1 fully saturated rings. The molecule has 0 bridgehead atoms. The van der Waals surface area contributed by atoms with Crippen molar-refractivity contribution in [2.75, 3.05) is 0 Å². The number of carbonyl (C=O) groups is 1. The molecule has 2 aromatic carbocycles. The summed E-state index contributed by atoms with van der Waals surface area (Å²) >= 11 is 14.7. The first-order chi connectivity index (χ1) is 17.4. The zero-order valence-corrected chi connectivity index (χ0v) is 22.0. The lowest BCUT2D eigenvalue weighted by Crippen LogP contribution is -2.40. The van der Waals surface area contributed by atoms with E-state index in [0.717, 1.165) is 18.2 Å². The molecule has 2 aromatic rings. The number of allylic oxidation sites excluding steroid dienone is 1. The van der Waals surface area contributed by atoms with Crippen molar-refractivity contribution in [2.24, 2.45) is 0 Å². The van der Waals surface area contributed by atoms with E-state index in [1.165, 1.54) is 0 Å². The SMILES string of the molecule is O=C(NC1CCC(F)(F)CC1)c1ccc(/C(F)=C/C(c2cc(Cl)c(Br)c(Cl)c2)C(F)(F)F)cc1C(F)(F)F. The van der Waals surface area contributed by atoms with Crippen LogP contribution in [0.15, 0.2) is 40.9 Å². The molecule has 38 heavy (non-hydrogen) atoms. The van der Waals surface area contributed by atoms with Crippen LogP contribution in [0.2, 0.25) is 10.0 Å². The fourth-order valence-electron chi connectivity index (χ4n) is 3.95. The summed E-state index contributed by atoms with van der Waals surface area (Å²) in [5, 5.41) is 1.86. The zero-order valence-electron chi connectivity index (χ0n) is 18.9. The maximum atomic E-state index is 15.0. The summed E-state index contributed by atoms with van der Waals surface area (Å²) in [5.74, 6) is -8.41. The minimum absolute atomic E-state index is 0.0767. The largest absolute Gasteiger partial charge is 0.417 e. The number of hydrogen-bond acceptors (Lipinski definition) is 1. The van der Waals surface area contributed by atoms with Crippen molar-refractivity contribution in [3.8, 4) is 0 Å². The molecule has 3 rings (SSSR count). The third-order valence-corrected chi connectivity index (χ3v) is 7.84. The molecule has 0 radical (unpaired) electrons. The van der Waals surface area contributed by atoms with Crippen molar-refractivity contribution in [1.82, 2.24) is 5.32 Å². The first kappa shape index (κ1) is 30.6. The second-order valence-electron chi connectivity index (χ2n) is 8.69. The van der Waals surface area contributed by atoms with Gasteiger partial charge < -0.3 is 5.32 Å². The van der Waals surface area contributed by atoms with Gasteiger partial charge in [0, 0.05) is 24.4 Å². The molecule has 1 atom stereocenters. The van der Waals surface area contributed by atoms with E-state index in [1.54, 1.807) is 0 Å². The highest BCUT2D eigenvalue weighted by molar-refractivity contribution is 9.10. The molecule has 1 saturated carbocycles. The molecule has 1 unspecified atom stereocenters. The van der Waals surface area contributed by atoms with E-state index in [4.69, 9.17) is 23.2 Å². The van der Waals surface area contributed by atoms with Gasteiger partial charge in [0.2, 0.25) is 5.92 Å². The summed E-state index contributed by atoms with van der Waals surface area (Å²) < 4.78 is 124. The smallest absolute Gasteiger partial charge is 0.349 e. The van der Waals surface area contributed by atoms with Gasteiger partial charge in [-0.15, -0.1) is 0 Å². The van der Waals surface area contributed by atoms with E-state index in [9.17, 15) is 44.3 Å². The molecule has 1 N–H and O–H groups in total. The average molecular weight is 657 g/mol. The van der Waals surface area contributed by atoms with Crippen LogP contribution in [0, 0.1) is 0 Å². The highest BCUT2D eigenvalue weighted by Gasteiger charge is 2.41. The van der Waals surface area contributed by atoms with E-state index in [2.05, 4.69) is 21.2 Å². The predicted octanol–water partition coefficient (Wildman–Crippen LogP) is 9.74. The van der Waals surface area contributed by atoms with Crippen LogP contribution in [0.3, 0.4) is 0 Å². The number of halogens is 12. The molecule has 1 aliphatic rings. The normalized spacial score (nSPS) is 17.8. The Bertz CT molecular complexity index is 1210. The number of carbonyl (C=O) groups excluding carboxylic acids is 1. The van der Waals surface area contributed by atoms with Gasteiger partial charge in [-0.05, 0) is 64.7 Å². The molecule has 0 heterocycles. The Morgan fingerprint density at radius 2 is 1.58 bits per heavy atom. The summed E-state index contributed by atoms with van der Waals surface area (Å²) in [6.07, 6.45) is -11.6. The van der Waals surface area contributed by atoms with E-state index < -0.39 is 77.1 Å². The topological polar surface area (TPSA) is 29.1 Å². The molecular weight excluding hydrogens is 640 g/mol. The van der Waals surface area contributed by atoms with E-state index in [-0.39, 0.29) is 39.5 Å². The van der Waals surface area contributed by atoms with Gasteiger partial charge in [0.15, 0.2) is 0 Å². The van der Waals surface area contributed by atoms with Crippen molar-refractivity contribution >= 4 is 50.9 Å². The number of amides is 1. The summed E-state index contributed by atoms with van der Waals surface area (Å²) in [5.41, 5.74) is -3.95. The number of benzene rings is 2. The van der Waals surface area contributed by atoms with Crippen LogP contribution in [0.25, 0.3) is 5.83 Å². The maximum absolute atomic E-state index is 15.0. The van der Waals surface area contributed by atoms with E-state index in [0.29, 0.717) is 6.07 Å². The van der Waals surface area contributed by atoms with Gasteiger partial charge in [0.1, 0.15) is 11.7 Å². The van der Waals surface area contributed by atoms with Crippen LogP contribution in [0.1, 0.15) is 58.6 Å². The summed E-state index contributed by atoms with van der Waals surface area (Å²) in [6, 6.07) is 2.53. The second kappa shape index (κ2) is 11.3. The third-order valence-electron chi connectivity index (χ3n) is 5.93. The highest BCUT2D eigenvalue weighted by atomic mass is 79.9. The molecule has 208 valence electrons. The van der Waals surface area contributed by atoms with Crippen LogP contribution in [-0.2, 0) is 6.18 Å². The quantitative estimate of drug-likeness (QED) is 0.252. The fourth-order valence-corrected chi connectivity index (χ4v) is 4.68. The lowest BCUT2D eigenvalue weighted by atomic mass is 9.91. The molecule has 14 heteroatoms. The Labute approximate surface area is 229 Å². The monoisotopic (exact) mass is 655 g/mol. The first-order valence-electron chi connectivity index (χ1n) is 10.9. The Hall–Kier alpha value is -1.92. The number of rotatable bonds is 5. The van der Waals surface area contributed by atoms with Crippen LogP contribution >= 0.6 is 39.1 Å². The second-order valence-corrected chi connectivity index (χ2v) is 10.3. The van der Waals surface area contributed by atoms with Gasteiger partial charge in [-0.2, -0.15) is 26.3 Å². The molecule has 0 aliphatic heterocycles. The van der Waals surface area contributed by atoms with Crippen molar-refractivity contribution < 1.29 is 44.3 Å². The fraction of sp³-hybridized carbons (Fsp3) is 0.375. The Morgan fingerprint density at radius 1 is 1.03 bits per heavy atom. The lowest BCUT2D eigenvalue weighted by molar-refractivity contribution is -0.140. The molecule has 1 amide bonds. The minimum Gasteiger partial charge on any atom is -0.349 e. The van der Waals surface area contributed by atoms with Gasteiger partial charge in [0.05, 0.1) is 25.6 Å². The van der Waals surface area contributed by atoms with E-state index >= 15 is 0 Å². The molecule has 0 saturated heterocycles. The van der Waals surface area contributed by atoms with E-state index in [1.807, 2.05) is 0 Å². The standard InChI is InChI=1S/C24H17BrCl2F9NO/c25-20-17(26)8-12(9-18(20)27)15(23(31,32)33)10-19(28)11-1-2-14(16(7-11)24(34,35)36)21(38)37-13-3-5-22(29,30)6-4-13/h1-2,7-10,13,15H,3-6H2,(H,37,38)/b19-10-. The number of nitrogens with one attached hydrogen (secondary N) is 1. The van der Waals surface area contributed by atoms with Crippen LogP contribution in [0.4, 0.5) is 39.5 Å². The zero-order chi connectivity index (χ0) is 28.6. The van der Waals surface area contributed by atoms with Gasteiger partial charge >= 0.3 is 12.4 Å². The number of hydrogen-bond donors (Lipinski definition) is 1. The molecule has 0 spiro atoms. The Morgan fingerprint density at radius 3 is 2.08 bits per heavy atom.